The van der Waals surface area contributed by atoms with E-state index in [1.54, 1.807) is 23.2 Å². The minimum absolute atomic E-state index is 0.0110. The molecule has 2 aromatic heterocycles. The molecular weight excluding hydrogens is 608 g/mol. The van der Waals surface area contributed by atoms with Crippen molar-refractivity contribution in [3.63, 3.8) is 0 Å². The number of pyridine rings is 2. The standard InChI is InChI=1S/C24H18F3N5O5.C2HF3O2/c25-24(26,27)15-5-3-13(4-6-15)10-32-17-12-31(21-14(8-28)2-1-7-29-21)11-16(17)20(35)19(23(32)37)22(36)30-9-18(33)34;3-2(4,5)1(6)7/h1-7,35H,9-12H2,(H,30,36)(H,33,34);(H,6,7)/p+1. The normalized spacial score (nSPS) is 12.4. The molecule has 0 bridgehead atoms. The van der Waals surface area contributed by atoms with E-state index in [9.17, 15) is 51.1 Å². The molecule has 18 heteroatoms. The summed E-state index contributed by atoms with van der Waals surface area (Å²) >= 11 is 0. The molecule has 0 fully saturated rings. The summed E-state index contributed by atoms with van der Waals surface area (Å²) in [6, 6.07) is 9.35. The molecule has 4 rings (SSSR count). The zero-order valence-electron chi connectivity index (χ0n) is 22.0. The quantitative estimate of drug-likeness (QED) is 0.297. The van der Waals surface area contributed by atoms with Gasteiger partial charge in [-0.3, -0.25) is 19.3 Å². The van der Waals surface area contributed by atoms with Crippen LogP contribution in [0.15, 0.2) is 47.4 Å². The van der Waals surface area contributed by atoms with E-state index < -0.39 is 59.2 Å². The number of benzene rings is 1. The lowest BCUT2D eigenvalue weighted by atomic mass is 10.1. The molecule has 1 aromatic carbocycles. The Morgan fingerprint density at radius 3 is 2.16 bits per heavy atom. The Kier molecular flexibility index (Phi) is 9.52. The average molecular weight is 628 g/mol. The van der Waals surface area contributed by atoms with Gasteiger partial charge in [0.05, 0.1) is 29.6 Å². The molecule has 1 amide bonds. The number of anilines is 1. The molecule has 0 radical (unpaired) electrons. The van der Waals surface area contributed by atoms with Crippen molar-refractivity contribution in [3.8, 4) is 11.8 Å². The van der Waals surface area contributed by atoms with E-state index >= 15 is 0 Å². The van der Waals surface area contributed by atoms with Gasteiger partial charge in [-0.2, -0.15) is 31.6 Å². The summed E-state index contributed by atoms with van der Waals surface area (Å²) in [5, 5.41) is 38.4. The van der Waals surface area contributed by atoms with Crippen LogP contribution < -0.4 is 20.8 Å². The molecule has 3 aromatic rings. The van der Waals surface area contributed by atoms with Gasteiger partial charge in [0, 0.05) is 0 Å². The highest BCUT2D eigenvalue weighted by molar-refractivity contribution is 5.98. The fraction of sp³-hybridized carbons (Fsp3) is 0.231. The molecule has 1 aliphatic rings. The van der Waals surface area contributed by atoms with Crippen LogP contribution in [0, 0.1) is 11.3 Å². The van der Waals surface area contributed by atoms with Crippen LogP contribution in [0.25, 0.3) is 0 Å². The Bertz CT molecular complexity index is 1700. The van der Waals surface area contributed by atoms with Gasteiger partial charge in [-0.05, 0) is 29.8 Å². The van der Waals surface area contributed by atoms with Crippen LogP contribution in [0.2, 0.25) is 0 Å². The number of nitriles is 1. The first-order valence-corrected chi connectivity index (χ1v) is 12.0. The number of hydrogen-bond donors (Lipinski definition) is 4. The molecule has 12 nitrogen and oxygen atoms in total. The van der Waals surface area contributed by atoms with Crippen LogP contribution >= 0.6 is 0 Å². The van der Waals surface area contributed by atoms with Crippen molar-refractivity contribution in [1.29, 1.82) is 5.26 Å². The third kappa shape index (κ3) is 7.42. The number of nitrogens with zero attached hydrogens (tertiary/aromatic N) is 3. The number of nitrogens with one attached hydrogen (secondary N) is 2. The van der Waals surface area contributed by atoms with Crippen LogP contribution in [0.5, 0.6) is 5.75 Å². The third-order valence-corrected chi connectivity index (χ3v) is 6.11. The number of H-pyrrole nitrogens is 1. The lowest BCUT2D eigenvalue weighted by molar-refractivity contribution is -0.364. The lowest BCUT2D eigenvalue weighted by Crippen LogP contribution is -2.37. The van der Waals surface area contributed by atoms with E-state index in [1.165, 1.54) is 12.1 Å². The van der Waals surface area contributed by atoms with E-state index in [2.05, 4.69) is 4.98 Å². The highest BCUT2D eigenvalue weighted by atomic mass is 19.4. The topological polar surface area (TPSA) is 187 Å². The molecule has 1 aliphatic heterocycles. The van der Waals surface area contributed by atoms with Crippen molar-refractivity contribution in [2.24, 2.45) is 0 Å². The summed E-state index contributed by atoms with van der Waals surface area (Å²) in [5.41, 5.74) is -1.42. The van der Waals surface area contributed by atoms with Crippen LogP contribution in [0.1, 0.15) is 38.3 Å². The number of halogens is 6. The van der Waals surface area contributed by atoms with Gasteiger partial charge in [-0.15, -0.1) is 0 Å². The predicted octanol–water partition coefficient (Wildman–Crippen LogP) is 2.27. The monoisotopic (exact) mass is 628 g/mol. The predicted molar refractivity (Wildman–Crippen MR) is 134 cm³/mol. The van der Waals surface area contributed by atoms with Crippen molar-refractivity contribution >= 4 is 23.7 Å². The number of carboxylic acid groups (broad SMARTS) is 2. The fourth-order valence-corrected chi connectivity index (χ4v) is 4.12. The largest absolute Gasteiger partial charge is 0.506 e. The Balaban J connectivity index is 0.000000676. The van der Waals surface area contributed by atoms with Crippen molar-refractivity contribution in [2.75, 3.05) is 11.4 Å². The number of carboxylic acids is 2. The van der Waals surface area contributed by atoms with Crippen LogP contribution in [-0.2, 0) is 35.4 Å². The third-order valence-electron chi connectivity index (χ3n) is 6.11. The van der Waals surface area contributed by atoms with Crippen molar-refractivity contribution in [3.05, 3.63) is 86.5 Å². The number of carbonyl (C=O) groups is 3. The zero-order chi connectivity index (χ0) is 33.0. The average Bonchev–Trinajstić information content (AvgIpc) is 3.39. The summed E-state index contributed by atoms with van der Waals surface area (Å²) in [6.45, 7) is -1.01. The lowest BCUT2D eigenvalue weighted by Gasteiger charge is -2.15. The number of aromatic amines is 1. The smallest absolute Gasteiger partial charge is 0.490 e. The molecule has 0 atom stereocenters. The minimum atomic E-state index is -5.08. The molecule has 0 saturated heterocycles. The SMILES string of the molecule is N#Cc1ccc[nH+]c1N1Cc2c(O)c(C(=O)NCC(=O)O)c(=O)n(Cc3ccc(C(F)(F)F)cc3)c2C1.O=C(O)C(F)(F)F. The first-order chi connectivity index (χ1) is 20.4. The van der Waals surface area contributed by atoms with Gasteiger partial charge in [-0.1, -0.05) is 12.1 Å². The number of aromatic nitrogens is 2. The number of hydrogen-bond acceptors (Lipinski definition) is 7. The number of amides is 1. The summed E-state index contributed by atoms with van der Waals surface area (Å²) < 4.78 is 71.8. The highest BCUT2D eigenvalue weighted by Gasteiger charge is 2.39. The zero-order valence-corrected chi connectivity index (χ0v) is 22.0. The van der Waals surface area contributed by atoms with E-state index in [1.807, 2.05) is 11.4 Å². The van der Waals surface area contributed by atoms with E-state index in [4.69, 9.17) is 15.0 Å². The number of rotatable bonds is 6. The van der Waals surface area contributed by atoms with Crippen molar-refractivity contribution < 1.29 is 61.0 Å². The second-order valence-electron chi connectivity index (χ2n) is 9.01. The molecule has 0 spiro atoms. The van der Waals surface area contributed by atoms with Gasteiger partial charge in [-0.25, -0.2) is 9.78 Å². The fourth-order valence-electron chi connectivity index (χ4n) is 4.12. The van der Waals surface area contributed by atoms with Gasteiger partial charge in [0.15, 0.2) is 0 Å². The summed E-state index contributed by atoms with van der Waals surface area (Å²) in [6.07, 6.45) is -8.05. The Labute approximate surface area is 242 Å². The molecule has 0 unspecified atom stereocenters. The summed E-state index contributed by atoms with van der Waals surface area (Å²) in [7, 11) is 0. The Hall–Kier alpha value is -5.60. The molecule has 44 heavy (non-hydrogen) atoms. The van der Waals surface area contributed by atoms with Crippen LogP contribution in [0.4, 0.5) is 32.2 Å². The number of fused-ring (bicyclic) bond motifs is 1. The maximum Gasteiger partial charge on any atom is 0.490 e. The van der Waals surface area contributed by atoms with Gasteiger partial charge in [0.1, 0.15) is 42.6 Å². The van der Waals surface area contributed by atoms with Crippen molar-refractivity contribution in [1.82, 2.24) is 9.88 Å². The van der Waals surface area contributed by atoms with Gasteiger partial charge in [0.25, 0.3) is 17.3 Å². The maximum atomic E-state index is 13.4. The molecule has 5 N–H and O–H groups in total. The van der Waals surface area contributed by atoms with Crippen molar-refractivity contribution in [2.45, 2.75) is 32.0 Å². The number of aliphatic carboxylic acids is 2. The number of alkyl halides is 6. The number of carbonyl (C=O) groups excluding carboxylic acids is 1. The molecular formula is C26H20F6N5O7+. The second-order valence-corrected chi connectivity index (χ2v) is 9.01. The van der Waals surface area contributed by atoms with Crippen LogP contribution in [-0.4, -0.2) is 50.5 Å². The van der Waals surface area contributed by atoms with E-state index in [0.717, 1.165) is 16.7 Å². The second kappa shape index (κ2) is 12.7. The van der Waals surface area contributed by atoms with E-state index in [0.29, 0.717) is 17.1 Å². The molecule has 0 saturated carbocycles. The maximum absolute atomic E-state index is 13.4. The Morgan fingerprint density at radius 1 is 1.02 bits per heavy atom. The Morgan fingerprint density at radius 2 is 1.64 bits per heavy atom. The van der Waals surface area contributed by atoms with Gasteiger partial charge >= 0.3 is 24.3 Å². The molecule has 3 heterocycles. The first-order valence-electron chi connectivity index (χ1n) is 12.0. The van der Waals surface area contributed by atoms with E-state index in [-0.39, 0.29) is 30.8 Å². The number of aromatic hydroxyl groups is 1. The van der Waals surface area contributed by atoms with Gasteiger partial charge in [0.2, 0.25) is 0 Å². The molecule has 232 valence electrons. The summed E-state index contributed by atoms with van der Waals surface area (Å²) in [5.74, 6) is -5.48. The molecule has 0 aliphatic carbocycles. The summed E-state index contributed by atoms with van der Waals surface area (Å²) in [4.78, 5) is 50.4. The van der Waals surface area contributed by atoms with Gasteiger partial charge < -0.3 is 25.2 Å². The first kappa shape index (κ1) is 32.9. The minimum Gasteiger partial charge on any atom is -0.506 e. The highest BCUT2D eigenvalue weighted by Crippen LogP contribution is 2.34. The van der Waals surface area contributed by atoms with Crippen LogP contribution in [0.3, 0.4) is 0 Å².